The molecule has 2 aromatic rings. The molecule has 0 fully saturated rings. The number of fused-ring (bicyclic) bond motifs is 3. The zero-order valence-electron chi connectivity index (χ0n) is 20.8. The van der Waals surface area contributed by atoms with Crippen LogP contribution in [-0.2, 0) is 0 Å². The monoisotopic (exact) mass is 446 g/mol. The van der Waals surface area contributed by atoms with E-state index in [0.717, 1.165) is 43.9 Å². The van der Waals surface area contributed by atoms with E-state index in [4.69, 9.17) is 4.74 Å². The molecular formula is C30H38O3. The Morgan fingerprint density at radius 1 is 0.970 bits per heavy atom. The van der Waals surface area contributed by atoms with Crippen LogP contribution >= 0.6 is 0 Å². The third kappa shape index (κ3) is 6.60. The maximum Gasteiger partial charge on any atom is 0.170 e. The lowest BCUT2D eigenvalue weighted by molar-refractivity contribution is 0.0486. The van der Waals surface area contributed by atoms with Gasteiger partial charge < -0.3 is 9.84 Å². The van der Waals surface area contributed by atoms with Crippen molar-refractivity contribution < 1.29 is 14.6 Å². The minimum atomic E-state index is -0.540. The summed E-state index contributed by atoms with van der Waals surface area (Å²) < 4.78 is 6.43. The van der Waals surface area contributed by atoms with Gasteiger partial charge in [0.1, 0.15) is 17.1 Å². The van der Waals surface area contributed by atoms with Crippen molar-refractivity contribution in [3.8, 4) is 11.5 Å². The molecule has 0 saturated carbocycles. The van der Waals surface area contributed by atoms with Crippen molar-refractivity contribution in [1.29, 1.82) is 0 Å². The molecule has 1 atom stereocenters. The molecule has 33 heavy (non-hydrogen) atoms. The highest BCUT2D eigenvalue weighted by molar-refractivity contribution is 6.08. The number of benzene rings is 2. The molecule has 176 valence electrons. The maximum absolute atomic E-state index is 12.9. The van der Waals surface area contributed by atoms with Crippen LogP contribution in [0.15, 0.2) is 65.3 Å². The smallest absolute Gasteiger partial charge is 0.170 e. The summed E-state index contributed by atoms with van der Waals surface area (Å²) in [5, 5.41) is 11.8. The van der Waals surface area contributed by atoms with Crippen LogP contribution in [0.3, 0.4) is 0 Å². The summed E-state index contributed by atoms with van der Waals surface area (Å²) in [6.07, 6.45) is 13.3. The van der Waals surface area contributed by atoms with E-state index in [2.05, 4.69) is 45.9 Å². The van der Waals surface area contributed by atoms with Crippen LogP contribution in [0, 0.1) is 0 Å². The van der Waals surface area contributed by atoms with Gasteiger partial charge in [0, 0.05) is 10.8 Å². The Bertz CT molecular complexity index is 1100. The Morgan fingerprint density at radius 2 is 1.58 bits per heavy atom. The van der Waals surface area contributed by atoms with E-state index in [9.17, 15) is 9.90 Å². The summed E-state index contributed by atoms with van der Waals surface area (Å²) in [4.78, 5) is 12.9. The maximum atomic E-state index is 12.9. The molecule has 0 amide bonds. The zero-order valence-corrected chi connectivity index (χ0v) is 20.8. The van der Waals surface area contributed by atoms with E-state index in [0.29, 0.717) is 23.1 Å². The molecule has 0 spiro atoms. The van der Waals surface area contributed by atoms with Gasteiger partial charge in [0.2, 0.25) is 0 Å². The topological polar surface area (TPSA) is 46.5 Å². The van der Waals surface area contributed by atoms with Gasteiger partial charge in [0.05, 0.1) is 12.0 Å². The van der Waals surface area contributed by atoms with Crippen molar-refractivity contribution in [2.45, 2.75) is 85.2 Å². The van der Waals surface area contributed by atoms with Gasteiger partial charge in [-0.05, 0) is 79.2 Å². The number of carbonyl (C=O) groups is 1. The largest absolute Gasteiger partial charge is 0.507 e. The molecule has 2 aromatic carbocycles. The van der Waals surface area contributed by atoms with E-state index in [-0.39, 0.29) is 11.5 Å². The second-order valence-corrected chi connectivity index (χ2v) is 9.97. The minimum absolute atomic E-state index is 0.0363. The van der Waals surface area contributed by atoms with Gasteiger partial charge in [-0.25, -0.2) is 0 Å². The van der Waals surface area contributed by atoms with E-state index in [1.54, 1.807) is 6.07 Å². The molecule has 1 heterocycles. The Labute approximate surface area is 198 Å². The number of carbonyl (C=O) groups excluding carboxylic acids is 1. The quantitative estimate of drug-likeness (QED) is 0.393. The first-order chi connectivity index (χ1) is 15.7. The Hall–Kier alpha value is -2.81. The molecule has 1 N–H and O–H groups in total. The van der Waals surface area contributed by atoms with Crippen molar-refractivity contribution in [3.63, 3.8) is 0 Å². The molecule has 1 unspecified atom stereocenters. The van der Waals surface area contributed by atoms with Crippen molar-refractivity contribution in [1.82, 2.24) is 0 Å². The lowest BCUT2D eigenvalue weighted by atomic mass is 9.86. The molecule has 1 aliphatic heterocycles. The molecule has 0 aromatic heterocycles. The van der Waals surface area contributed by atoms with Gasteiger partial charge in [0.25, 0.3) is 0 Å². The van der Waals surface area contributed by atoms with Crippen LogP contribution in [0.25, 0.3) is 10.8 Å². The normalized spacial score (nSPS) is 18.8. The number of phenols is 1. The lowest BCUT2D eigenvalue weighted by Gasteiger charge is -2.35. The fourth-order valence-corrected chi connectivity index (χ4v) is 4.47. The molecule has 0 saturated heterocycles. The Morgan fingerprint density at radius 3 is 2.24 bits per heavy atom. The fourth-order valence-electron chi connectivity index (χ4n) is 4.47. The predicted molar refractivity (Wildman–Crippen MR) is 138 cm³/mol. The van der Waals surface area contributed by atoms with Crippen LogP contribution < -0.4 is 4.74 Å². The SMILES string of the molecule is CC(C)=CCCC(C)=CCCC(C)=CCCC1(C)CC(=O)c2cc(O)c3ccccc3c2O1. The number of hydrogen-bond donors (Lipinski definition) is 1. The Balaban J connectivity index is 1.59. The molecule has 1 aliphatic rings. The molecular weight excluding hydrogens is 408 g/mol. The van der Waals surface area contributed by atoms with Crippen LogP contribution in [-0.4, -0.2) is 16.5 Å². The summed E-state index contributed by atoms with van der Waals surface area (Å²) >= 11 is 0. The third-order valence-electron chi connectivity index (χ3n) is 6.45. The second kappa shape index (κ2) is 10.9. The number of phenolic OH excluding ortho intramolecular Hbond substituents is 1. The average Bonchev–Trinajstić information content (AvgIpc) is 2.75. The van der Waals surface area contributed by atoms with Crippen molar-refractivity contribution in [2.24, 2.45) is 0 Å². The highest BCUT2D eigenvalue weighted by atomic mass is 16.5. The van der Waals surface area contributed by atoms with Crippen LogP contribution in [0.5, 0.6) is 11.5 Å². The standard InChI is InChI=1S/C30H38O3/c1-21(2)11-8-12-22(3)13-9-14-23(4)15-10-18-30(5)20-28(32)26-19-27(31)24-16-6-7-17-25(24)29(26)33-30/h6-7,11,13,15-17,19,31H,8-10,12,14,18,20H2,1-5H3. The number of Topliss-reactive ketones (excluding diaryl/α,β-unsaturated/α-hetero) is 1. The summed E-state index contributed by atoms with van der Waals surface area (Å²) in [5.41, 5.74) is 4.17. The second-order valence-electron chi connectivity index (χ2n) is 9.97. The van der Waals surface area contributed by atoms with Crippen molar-refractivity contribution >= 4 is 16.6 Å². The Kier molecular flexibility index (Phi) is 8.18. The summed E-state index contributed by atoms with van der Waals surface area (Å²) in [6, 6.07) is 9.11. The molecule has 0 bridgehead atoms. The van der Waals surface area contributed by atoms with E-state index in [1.165, 1.54) is 16.7 Å². The van der Waals surface area contributed by atoms with Crippen LogP contribution in [0.2, 0.25) is 0 Å². The van der Waals surface area contributed by atoms with E-state index >= 15 is 0 Å². The van der Waals surface area contributed by atoms with Crippen LogP contribution in [0.4, 0.5) is 0 Å². The predicted octanol–water partition coefficient (Wildman–Crippen LogP) is 8.47. The molecule has 0 aliphatic carbocycles. The zero-order chi connectivity index (χ0) is 24.0. The van der Waals surface area contributed by atoms with Gasteiger partial charge in [-0.1, -0.05) is 59.2 Å². The van der Waals surface area contributed by atoms with Gasteiger partial charge in [-0.15, -0.1) is 0 Å². The summed E-state index contributed by atoms with van der Waals surface area (Å²) in [6.45, 7) is 10.7. The van der Waals surface area contributed by atoms with Crippen molar-refractivity contribution in [3.05, 3.63) is 70.8 Å². The van der Waals surface area contributed by atoms with Gasteiger partial charge in [-0.2, -0.15) is 0 Å². The van der Waals surface area contributed by atoms with Gasteiger partial charge >= 0.3 is 0 Å². The highest BCUT2D eigenvalue weighted by Gasteiger charge is 2.37. The first kappa shape index (κ1) is 24.8. The van der Waals surface area contributed by atoms with E-state index < -0.39 is 5.60 Å². The number of ether oxygens (including phenoxy) is 1. The van der Waals surface area contributed by atoms with Gasteiger partial charge in [0.15, 0.2) is 5.78 Å². The first-order valence-electron chi connectivity index (χ1n) is 12.1. The highest BCUT2D eigenvalue weighted by Crippen LogP contribution is 2.43. The number of rotatable bonds is 9. The fraction of sp³-hybridized carbons (Fsp3) is 0.433. The third-order valence-corrected chi connectivity index (χ3v) is 6.45. The number of allylic oxidation sites excluding steroid dienone is 6. The average molecular weight is 447 g/mol. The molecule has 0 radical (unpaired) electrons. The number of aromatic hydroxyl groups is 1. The molecule has 3 rings (SSSR count). The van der Waals surface area contributed by atoms with Crippen LogP contribution in [0.1, 0.15) is 89.9 Å². The summed E-state index contributed by atoms with van der Waals surface area (Å²) in [5.74, 6) is 0.774. The van der Waals surface area contributed by atoms with E-state index in [1.807, 2.05) is 31.2 Å². The summed E-state index contributed by atoms with van der Waals surface area (Å²) in [7, 11) is 0. The number of ketones is 1. The minimum Gasteiger partial charge on any atom is -0.507 e. The first-order valence-corrected chi connectivity index (χ1v) is 12.1. The number of hydrogen-bond acceptors (Lipinski definition) is 3. The lowest BCUT2D eigenvalue weighted by Crippen LogP contribution is -2.39. The van der Waals surface area contributed by atoms with Crippen molar-refractivity contribution in [2.75, 3.05) is 0 Å². The molecule has 3 nitrogen and oxygen atoms in total. The van der Waals surface area contributed by atoms with Gasteiger partial charge in [-0.3, -0.25) is 4.79 Å². The molecule has 3 heteroatoms.